The summed E-state index contributed by atoms with van der Waals surface area (Å²) in [6, 6.07) is 0. The molecule has 0 saturated heterocycles. The van der Waals surface area contributed by atoms with Crippen LogP contribution in [0.5, 0.6) is 0 Å². The van der Waals surface area contributed by atoms with Crippen molar-refractivity contribution < 1.29 is 10.0 Å². The van der Waals surface area contributed by atoms with E-state index >= 15 is 0 Å². The van der Waals surface area contributed by atoms with Crippen LogP contribution in [0, 0.1) is 0 Å². The third-order valence-corrected chi connectivity index (χ3v) is 0.671. The van der Waals surface area contributed by atoms with E-state index in [-0.39, 0.29) is 0 Å². The van der Waals surface area contributed by atoms with Crippen LogP contribution in [-0.4, -0.2) is 17.7 Å². The fourth-order valence-corrected chi connectivity index (χ4v) is 0.200. The Balaban J connectivity index is 0. The summed E-state index contributed by atoms with van der Waals surface area (Å²) in [7, 11) is 0. The standard InChI is InChI=1S/C4H8O.C3H7NO/c2*1-2-3-4-5/h4H,2-3H2,1H3;3,5H,2H2,1H3. The van der Waals surface area contributed by atoms with Crippen LogP contribution in [0.1, 0.15) is 33.1 Å². The maximum absolute atomic E-state index is 9.40. The summed E-state index contributed by atoms with van der Waals surface area (Å²) in [4.78, 5) is 9.40. The zero-order valence-corrected chi connectivity index (χ0v) is 6.58. The van der Waals surface area contributed by atoms with Crippen molar-refractivity contribution in [1.29, 1.82) is 0 Å². The lowest BCUT2D eigenvalue weighted by Crippen LogP contribution is -1.64. The van der Waals surface area contributed by atoms with Crippen molar-refractivity contribution >= 4 is 12.5 Å². The van der Waals surface area contributed by atoms with Gasteiger partial charge in [-0.2, -0.15) is 0 Å². The van der Waals surface area contributed by atoms with Gasteiger partial charge in [0.05, 0.1) is 0 Å². The molecule has 0 fully saturated rings. The van der Waals surface area contributed by atoms with E-state index in [2.05, 4.69) is 5.16 Å². The molecule has 0 spiro atoms. The minimum Gasteiger partial charge on any atom is -0.411 e. The van der Waals surface area contributed by atoms with Gasteiger partial charge in [0, 0.05) is 12.6 Å². The molecule has 60 valence electrons. The molecule has 0 unspecified atom stereocenters. The molecule has 0 aromatic carbocycles. The highest BCUT2D eigenvalue weighted by Crippen LogP contribution is 1.74. The van der Waals surface area contributed by atoms with Gasteiger partial charge < -0.3 is 10.0 Å². The number of carbonyl (C=O) groups excluding carboxylic acids is 1. The van der Waals surface area contributed by atoms with Gasteiger partial charge in [0.2, 0.25) is 0 Å². The second-order valence-electron chi connectivity index (χ2n) is 1.66. The molecule has 0 amide bonds. The zero-order chi connectivity index (χ0) is 8.24. The third kappa shape index (κ3) is 27.3. The van der Waals surface area contributed by atoms with Crippen LogP contribution in [0.15, 0.2) is 5.16 Å². The Bertz CT molecular complexity index is 81.7. The van der Waals surface area contributed by atoms with Crippen LogP contribution in [0.25, 0.3) is 0 Å². The molecule has 0 aliphatic rings. The molecule has 0 aromatic heterocycles. The van der Waals surface area contributed by atoms with Crippen molar-refractivity contribution in [3.05, 3.63) is 0 Å². The lowest BCUT2D eigenvalue weighted by atomic mass is 10.4. The highest BCUT2D eigenvalue weighted by molar-refractivity contribution is 5.55. The molecule has 0 saturated carbocycles. The van der Waals surface area contributed by atoms with Crippen LogP contribution in [0.3, 0.4) is 0 Å². The van der Waals surface area contributed by atoms with Gasteiger partial charge >= 0.3 is 0 Å². The fourth-order valence-electron chi connectivity index (χ4n) is 0.200. The molecular formula is C7H15NO2. The van der Waals surface area contributed by atoms with Crippen molar-refractivity contribution in [1.82, 2.24) is 0 Å². The predicted molar refractivity (Wildman–Crippen MR) is 41.5 cm³/mol. The summed E-state index contributed by atoms with van der Waals surface area (Å²) in [5.74, 6) is 0. The summed E-state index contributed by atoms with van der Waals surface area (Å²) in [6.45, 7) is 3.88. The van der Waals surface area contributed by atoms with Crippen LogP contribution in [0.4, 0.5) is 0 Å². The smallest absolute Gasteiger partial charge is 0.119 e. The van der Waals surface area contributed by atoms with E-state index in [1.807, 2.05) is 13.8 Å². The van der Waals surface area contributed by atoms with E-state index in [1.165, 1.54) is 6.21 Å². The molecule has 0 atom stereocenters. The number of unbranched alkanes of at least 4 members (excludes halogenated alkanes) is 1. The Hall–Kier alpha value is -0.860. The van der Waals surface area contributed by atoms with Crippen molar-refractivity contribution in [2.75, 3.05) is 0 Å². The van der Waals surface area contributed by atoms with E-state index in [0.29, 0.717) is 6.42 Å². The van der Waals surface area contributed by atoms with Crippen molar-refractivity contribution in [3.8, 4) is 0 Å². The summed E-state index contributed by atoms with van der Waals surface area (Å²) in [5.41, 5.74) is 0. The average Bonchev–Trinajstić information content (AvgIpc) is 1.93. The van der Waals surface area contributed by atoms with Gasteiger partial charge in [-0.1, -0.05) is 13.8 Å². The minimum atomic E-state index is 0.708. The molecule has 1 N–H and O–H groups in total. The number of oxime groups is 1. The van der Waals surface area contributed by atoms with E-state index in [9.17, 15) is 4.79 Å². The molecule has 0 aromatic rings. The first-order chi connectivity index (χ1) is 4.83. The number of nitrogens with zero attached hydrogens (tertiary/aromatic N) is 1. The average molecular weight is 145 g/mol. The quantitative estimate of drug-likeness (QED) is 0.285. The maximum Gasteiger partial charge on any atom is 0.119 e. The van der Waals surface area contributed by atoms with Crippen LogP contribution in [0.2, 0.25) is 0 Å². The van der Waals surface area contributed by atoms with Gasteiger partial charge in [0.1, 0.15) is 6.29 Å². The highest BCUT2D eigenvalue weighted by atomic mass is 16.4. The SMILES string of the molecule is CCC=NO.CCCC=O. The maximum atomic E-state index is 9.40. The fraction of sp³-hybridized carbons (Fsp3) is 0.714. The molecule has 0 bridgehead atoms. The zero-order valence-electron chi connectivity index (χ0n) is 6.58. The second kappa shape index (κ2) is 15.7. The normalized spacial score (nSPS) is 8.60. The highest BCUT2D eigenvalue weighted by Gasteiger charge is 1.66. The Kier molecular flexibility index (Phi) is 18.7. The van der Waals surface area contributed by atoms with E-state index < -0.39 is 0 Å². The van der Waals surface area contributed by atoms with Crippen LogP contribution in [-0.2, 0) is 4.79 Å². The van der Waals surface area contributed by atoms with Gasteiger partial charge in [0.15, 0.2) is 0 Å². The summed E-state index contributed by atoms with van der Waals surface area (Å²) in [6.07, 6.45) is 4.85. The van der Waals surface area contributed by atoms with E-state index in [0.717, 1.165) is 19.1 Å². The number of aldehydes is 1. The molecule has 10 heavy (non-hydrogen) atoms. The van der Waals surface area contributed by atoms with Crippen LogP contribution < -0.4 is 0 Å². The number of hydrogen-bond acceptors (Lipinski definition) is 3. The third-order valence-electron chi connectivity index (χ3n) is 0.671. The van der Waals surface area contributed by atoms with Crippen LogP contribution >= 0.6 is 0 Å². The molecule has 0 aliphatic carbocycles. The first-order valence-electron chi connectivity index (χ1n) is 3.42. The first-order valence-corrected chi connectivity index (χ1v) is 3.42. The molecule has 0 rings (SSSR count). The Morgan fingerprint density at radius 3 is 2.10 bits per heavy atom. The molecular weight excluding hydrogens is 130 g/mol. The summed E-state index contributed by atoms with van der Waals surface area (Å²) < 4.78 is 0. The van der Waals surface area contributed by atoms with Gasteiger partial charge in [-0.3, -0.25) is 0 Å². The number of hydrogen-bond donors (Lipinski definition) is 1. The summed E-state index contributed by atoms with van der Waals surface area (Å²) >= 11 is 0. The molecule has 0 heterocycles. The Morgan fingerprint density at radius 1 is 1.50 bits per heavy atom. The molecule has 3 heteroatoms. The first kappa shape index (κ1) is 11.9. The molecule has 0 radical (unpaired) electrons. The van der Waals surface area contributed by atoms with Crippen molar-refractivity contribution in [3.63, 3.8) is 0 Å². The lowest BCUT2D eigenvalue weighted by molar-refractivity contribution is -0.107. The molecule has 0 aliphatic heterocycles. The minimum absolute atomic E-state index is 0.708. The topological polar surface area (TPSA) is 49.7 Å². The van der Waals surface area contributed by atoms with Gasteiger partial charge in [-0.25, -0.2) is 0 Å². The lowest BCUT2D eigenvalue weighted by Gasteiger charge is -1.68. The van der Waals surface area contributed by atoms with E-state index in [4.69, 9.17) is 5.21 Å². The monoisotopic (exact) mass is 145 g/mol. The van der Waals surface area contributed by atoms with Gasteiger partial charge in [-0.05, 0) is 12.8 Å². The molecule has 3 nitrogen and oxygen atoms in total. The van der Waals surface area contributed by atoms with Crippen molar-refractivity contribution in [2.24, 2.45) is 5.16 Å². The van der Waals surface area contributed by atoms with E-state index in [1.54, 1.807) is 0 Å². The van der Waals surface area contributed by atoms with Crippen molar-refractivity contribution in [2.45, 2.75) is 33.1 Å². The predicted octanol–water partition coefficient (Wildman–Crippen LogP) is 1.84. The summed E-state index contributed by atoms with van der Waals surface area (Å²) in [5, 5.41) is 10.4. The van der Waals surface area contributed by atoms with Gasteiger partial charge in [0.25, 0.3) is 0 Å². The second-order valence-corrected chi connectivity index (χ2v) is 1.66. The number of carbonyl (C=O) groups is 1. The number of rotatable bonds is 3. The Labute approximate surface area is 61.7 Å². The van der Waals surface area contributed by atoms with Gasteiger partial charge in [-0.15, -0.1) is 5.16 Å². The Morgan fingerprint density at radius 2 is 2.10 bits per heavy atom. The largest absolute Gasteiger partial charge is 0.411 e.